The maximum atomic E-state index is 12.1. The van der Waals surface area contributed by atoms with Crippen LogP contribution >= 0.6 is 0 Å². The van der Waals surface area contributed by atoms with Gasteiger partial charge in [0.1, 0.15) is 11.3 Å². The second-order valence-corrected chi connectivity index (χ2v) is 8.56. The van der Waals surface area contributed by atoms with E-state index in [1.165, 1.54) is 18.9 Å². The third-order valence-electron chi connectivity index (χ3n) is 5.30. The van der Waals surface area contributed by atoms with Crippen LogP contribution < -0.4 is 10.2 Å². The van der Waals surface area contributed by atoms with Crippen LogP contribution in [0.1, 0.15) is 56.8 Å². The predicted octanol–water partition coefficient (Wildman–Crippen LogP) is 4.02. The molecule has 0 atom stereocenters. The molecule has 0 unspecified atom stereocenters. The fraction of sp³-hybridized carbons (Fsp3) is 0.579. The van der Waals surface area contributed by atoms with Gasteiger partial charge in [0.15, 0.2) is 0 Å². The van der Waals surface area contributed by atoms with E-state index < -0.39 is 28.3 Å². The Morgan fingerprint density at radius 3 is 2.29 bits per heavy atom. The molecule has 152 valence electrons. The van der Waals surface area contributed by atoms with Crippen molar-refractivity contribution in [2.75, 3.05) is 23.3 Å². The zero-order chi connectivity index (χ0) is 20.7. The number of piperidine rings is 1. The number of carbonyl (C=O) groups excluding carboxylic acids is 1. The lowest BCUT2D eigenvalue weighted by molar-refractivity contribution is -0.383. The van der Waals surface area contributed by atoms with Gasteiger partial charge in [0, 0.05) is 19.2 Å². The molecule has 9 nitrogen and oxygen atoms in total. The number of nitro groups is 1. The van der Waals surface area contributed by atoms with Crippen molar-refractivity contribution in [2.45, 2.75) is 52.1 Å². The first-order valence-corrected chi connectivity index (χ1v) is 9.30. The van der Waals surface area contributed by atoms with E-state index in [0.717, 1.165) is 18.9 Å². The molecule has 0 bridgehead atoms. The fourth-order valence-electron chi connectivity index (χ4n) is 3.57. The van der Waals surface area contributed by atoms with Crippen molar-refractivity contribution < 1.29 is 24.4 Å². The molecule has 0 aromatic heterocycles. The molecule has 1 aliphatic heterocycles. The highest BCUT2D eigenvalue weighted by Crippen LogP contribution is 2.54. The van der Waals surface area contributed by atoms with E-state index in [-0.39, 0.29) is 11.3 Å². The molecule has 1 aliphatic carbocycles. The van der Waals surface area contributed by atoms with E-state index in [1.54, 1.807) is 20.8 Å². The highest BCUT2D eigenvalue weighted by Gasteiger charge is 2.44. The highest BCUT2D eigenvalue weighted by atomic mass is 16.6. The Kier molecular flexibility index (Phi) is 4.95. The molecule has 2 aliphatic rings. The first-order chi connectivity index (χ1) is 13.0. The standard InChI is InChI=1S/C19H25N3O6/c1-18(2,3)28-17(25)20-13-11-14(12(16(23)24)10-15(13)22(26)27)21-8-6-19(4-5-19)7-9-21/h10-11H,4-9H2,1-3H3,(H,20,25)(H,23,24). The van der Waals surface area contributed by atoms with Crippen LogP contribution in [0.3, 0.4) is 0 Å². The Labute approximate surface area is 162 Å². The number of amides is 1. The quantitative estimate of drug-likeness (QED) is 0.587. The summed E-state index contributed by atoms with van der Waals surface area (Å²) in [7, 11) is 0. The van der Waals surface area contributed by atoms with Crippen LogP contribution in [0.4, 0.5) is 21.9 Å². The summed E-state index contributed by atoms with van der Waals surface area (Å²) in [6.07, 6.45) is 3.52. The van der Waals surface area contributed by atoms with Gasteiger partial charge in [-0.1, -0.05) is 0 Å². The third-order valence-corrected chi connectivity index (χ3v) is 5.30. The molecule has 1 aromatic rings. The van der Waals surface area contributed by atoms with E-state index in [0.29, 0.717) is 24.2 Å². The van der Waals surface area contributed by atoms with Gasteiger partial charge in [-0.15, -0.1) is 0 Å². The van der Waals surface area contributed by atoms with Crippen molar-refractivity contribution in [3.63, 3.8) is 0 Å². The molecule has 2 N–H and O–H groups in total. The molecule has 3 rings (SSSR count). The number of nitro benzene ring substituents is 1. The van der Waals surface area contributed by atoms with Gasteiger partial charge in [-0.25, -0.2) is 9.59 Å². The summed E-state index contributed by atoms with van der Waals surface area (Å²) >= 11 is 0. The average Bonchev–Trinajstić information content (AvgIpc) is 3.32. The van der Waals surface area contributed by atoms with Gasteiger partial charge in [0.2, 0.25) is 0 Å². The van der Waals surface area contributed by atoms with Gasteiger partial charge in [0.05, 0.1) is 16.2 Å². The zero-order valence-electron chi connectivity index (χ0n) is 16.3. The van der Waals surface area contributed by atoms with E-state index in [4.69, 9.17) is 4.74 Å². The first kappa shape index (κ1) is 19.9. The van der Waals surface area contributed by atoms with Gasteiger partial charge < -0.3 is 14.7 Å². The molecule has 1 spiro atoms. The number of nitrogens with zero attached hydrogens (tertiary/aromatic N) is 2. The van der Waals surface area contributed by atoms with Crippen molar-refractivity contribution in [3.8, 4) is 0 Å². The molecular weight excluding hydrogens is 366 g/mol. The van der Waals surface area contributed by atoms with Crippen LogP contribution in [0, 0.1) is 15.5 Å². The number of aromatic carboxylic acids is 1. The number of hydrogen-bond acceptors (Lipinski definition) is 6. The van der Waals surface area contributed by atoms with Crippen LogP contribution in [0.25, 0.3) is 0 Å². The van der Waals surface area contributed by atoms with Crippen LogP contribution in [0.5, 0.6) is 0 Å². The van der Waals surface area contributed by atoms with Crippen molar-refractivity contribution in [1.29, 1.82) is 0 Å². The topological polar surface area (TPSA) is 122 Å². The van der Waals surface area contributed by atoms with Crippen molar-refractivity contribution in [1.82, 2.24) is 0 Å². The number of rotatable bonds is 4. The van der Waals surface area contributed by atoms with Crippen molar-refractivity contribution >= 4 is 29.1 Å². The van der Waals surface area contributed by atoms with Gasteiger partial charge in [0.25, 0.3) is 5.69 Å². The maximum absolute atomic E-state index is 12.1. The molecule has 1 aromatic carbocycles. The lowest BCUT2D eigenvalue weighted by Gasteiger charge is -2.34. The van der Waals surface area contributed by atoms with Crippen LogP contribution in [-0.2, 0) is 4.74 Å². The summed E-state index contributed by atoms with van der Waals surface area (Å²) in [4.78, 5) is 36.5. The molecule has 9 heteroatoms. The predicted molar refractivity (Wildman–Crippen MR) is 103 cm³/mol. The molecular formula is C19H25N3O6. The third kappa shape index (κ3) is 4.35. The number of anilines is 2. The maximum Gasteiger partial charge on any atom is 0.412 e. The lowest BCUT2D eigenvalue weighted by Crippen LogP contribution is -2.35. The summed E-state index contributed by atoms with van der Waals surface area (Å²) in [5, 5.41) is 23.4. The van der Waals surface area contributed by atoms with Crippen LogP contribution in [-0.4, -0.2) is 40.8 Å². The van der Waals surface area contributed by atoms with Crippen molar-refractivity contribution in [3.05, 3.63) is 27.8 Å². The molecule has 1 saturated carbocycles. The van der Waals surface area contributed by atoms with Gasteiger partial charge in [-0.2, -0.15) is 0 Å². The highest BCUT2D eigenvalue weighted by molar-refractivity contribution is 5.99. The second kappa shape index (κ2) is 6.96. The molecule has 1 saturated heterocycles. The Balaban J connectivity index is 1.94. The SMILES string of the molecule is CC(C)(C)OC(=O)Nc1cc(N2CCC3(CC2)CC3)c(C(=O)O)cc1[N+](=O)[O-]. The van der Waals surface area contributed by atoms with Gasteiger partial charge in [-0.05, 0) is 57.9 Å². The molecule has 1 amide bonds. The number of carboxylic acid groups (broad SMARTS) is 1. The minimum atomic E-state index is -1.24. The largest absolute Gasteiger partial charge is 0.478 e. The van der Waals surface area contributed by atoms with E-state index >= 15 is 0 Å². The van der Waals surface area contributed by atoms with E-state index in [2.05, 4.69) is 5.32 Å². The summed E-state index contributed by atoms with van der Waals surface area (Å²) in [6, 6.07) is 2.38. The monoisotopic (exact) mass is 391 g/mol. The van der Waals surface area contributed by atoms with Gasteiger partial charge in [-0.3, -0.25) is 15.4 Å². The minimum absolute atomic E-state index is 0.0778. The minimum Gasteiger partial charge on any atom is -0.478 e. The Bertz CT molecular complexity index is 816. The molecule has 1 heterocycles. The number of hydrogen-bond donors (Lipinski definition) is 2. The second-order valence-electron chi connectivity index (χ2n) is 8.56. The Morgan fingerprint density at radius 1 is 1.21 bits per heavy atom. The molecule has 28 heavy (non-hydrogen) atoms. The fourth-order valence-corrected chi connectivity index (χ4v) is 3.57. The normalized spacial score (nSPS) is 17.9. The number of benzene rings is 1. The smallest absolute Gasteiger partial charge is 0.412 e. The summed E-state index contributed by atoms with van der Waals surface area (Å²) < 4.78 is 5.17. The van der Waals surface area contributed by atoms with Crippen LogP contribution in [0.15, 0.2) is 12.1 Å². The van der Waals surface area contributed by atoms with Crippen molar-refractivity contribution in [2.24, 2.45) is 5.41 Å². The first-order valence-electron chi connectivity index (χ1n) is 9.30. The molecule has 2 fully saturated rings. The zero-order valence-corrected chi connectivity index (χ0v) is 16.3. The molecule has 0 radical (unpaired) electrons. The van der Waals surface area contributed by atoms with E-state index in [9.17, 15) is 24.8 Å². The van der Waals surface area contributed by atoms with Crippen LogP contribution in [0.2, 0.25) is 0 Å². The summed E-state index contributed by atoms with van der Waals surface area (Å²) in [6.45, 7) is 6.41. The number of carboxylic acids is 1. The number of ether oxygens (including phenoxy) is 1. The number of nitrogens with one attached hydrogen (secondary N) is 1. The van der Waals surface area contributed by atoms with E-state index in [1.807, 2.05) is 4.90 Å². The lowest BCUT2D eigenvalue weighted by atomic mass is 9.93. The average molecular weight is 391 g/mol. The Hall–Kier alpha value is -2.84. The summed E-state index contributed by atoms with van der Waals surface area (Å²) in [5.41, 5.74) is -0.701. The summed E-state index contributed by atoms with van der Waals surface area (Å²) in [5.74, 6) is -1.24. The number of carbonyl (C=O) groups is 2. The Morgan fingerprint density at radius 2 is 1.82 bits per heavy atom. The van der Waals surface area contributed by atoms with Gasteiger partial charge >= 0.3 is 12.1 Å².